The van der Waals surface area contributed by atoms with E-state index in [1.165, 1.54) is 11.1 Å². The summed E-state index contributed by atoms with van der Waals surface area (Å²) in [6, 6.07) is 8.51. The molecule has 1 N–H and O–H groups in total. The normalized spacial score (nSPS) is 12.3. The van der Waals surface area contributed by atoms with Crippen LogP contribution in [0.15, 0.2) is 42.9 Å². The Morgan fingerprint density at radius 3 is 2.70 bits per heavy atom. The van der Waals surface area contributed by atoms with Gasteiger partial charge in [0.05, 0.1) is 12.3 Å². The molecule has 0 fully saturated rings. The van der Waals surface area contributed by atoms with Crippen LogP contribution in [0, 0.1) is 0 Å². The van der Waals surface area contributed by atoms with Gasteiger partial charge in [0.15, 0.2) is 0 Å². The number of hydrogen-bond acceptors (Lipinski definition) is 4. The zero-order valence-corrected chi connectivity index (χ0v) is 12.0. The van der Waals surface area contributed by atoms with Crippen LogP contribution in [0.2, 0.25) is 0 Å². The van der Waals surface area contributed by atoms with Crippen LogP contribution in [-0.2, 0) is 17.9 Å². The number of hydrogen-bond donors (Lipinski definition) is 1. The lowest BCUT2D eigenvalue weighted by Crippen LogP contribution is -2.20. The highest BCUT2D eigenvalue weighted by Crippen LogP contribution is 2.13. The van der Waals surface area contributed by atoms with E-state index < -0.39 is 0 Å². The summed E-state index contributed by atoms with van der Waals surface area (Å²) in [5.41, 5.74) is 3.44. The van der Waals surface area contributed by atoms with Crippen molar-refractivity contribution in [2.75, 3.05) is 6.61 Å². The Balaban J connectivity index is 1.96. The smallest absolute Gasteiger partial charge is 0.0753 e. The molecule has 1 aromatic heterocycles. The van der Waals surface area contributed by atoms with Crippen LogP contribution in [0.1, 0.15) is 36.7 Å². The van der Waals surface area contributed by atoms with E-state index in [4.69, 9.17) is 4.74 Å². The largest absolute Gasteiger partial charge is 0.377 e. The molecule has 0 saturated heterocycles. The first-order valence-corrected chi connectivity index (χ1v) is 6.95. The first kappa shape index (κ1) is 14.6. The van der Waals surface area contributed by atoms with Gasteiger partial charge in [0.2, 0.25) is 0 Å². The number of aromatic nitrogens is 2. The molecular formula is C16H21N3O. The second kappa shape index (κ2) is 7.72. The Kier molecular flexibility index (Phi) is 5.65. The lowest BCUT2D eigenvalue weighted by molar-refractivity contribution is 0.133. The summed E-state index contributed by atoms with van der Waals surface area (Å²) >= 11 is 0. The van der Waals surface area contributed by atoms with E-state index in [2.05, 4.69) is 40.4 Å². The van der Waals surface area contributed by atoms with Gasteiger partial charge >= 0.3 is 0 Å². The van der Waals surface area contributed by atoms with Gasteiger partial charge in [-0.3, -0.25) is 9.97 Å². The summed E-state index contributed by atoms with van der Waals surface area (Å²) in [7, 11) is 0. The van der Waals surface area contributed by atoms with Crippen molar-refractivity contribution in [2.45, 2.75) is 33.0 Å². The maximum Gasteiger partial charge on any atom is 0.0753 e. The topological polar surface area (TPSA) is 47.0 Å². The molecule has 0 saturated carbocycles. The fourth-order valence-electron chi connectivity index (χ4n) is 1.98. The van der Waals surface area contributed by atoms with Crippen molar-refractivity contribution in [2.24, 2.45) is 0 Å². The molecule has 4 heteroatoms. The van der Waals surface area contributed by atoms with Crippen LogP contribution in [0.25, 0.3) is 0 Å². The third kappa shape index (κ3) is 4.11. The van der Waals surface area contributed by atoms with E-state index in [1.807, 2.05) is 13.0 Å². The molecule has 0 aliphatic carbocycles. The van der Waals surface area contributed by atoms with Crippen molar-refractivity contribution in [3.8, 4) is 0 Å². The van der Waals surface area contributed by atoms with Crippen molar-refractivity contribution in [3.05, 3.63) is 59.7 Å². The Morgan fingerprint density at radius 1 is 1.20 bits per heavy atom. The number of nitrogens with zero attached hydrogens (tertiary/aromatic N) is 2. The minimum Gasteiger partial charge on any atom is -0.377 e. The summed E-state index contributed by atoms with van der Waals surface area (Å²) in [4.78, 5) is 8.41. The molecule has 2 rings (SSSR count). The maximum atomic E-state index is 5.50. The van der Waals surface area contributed by atoms with Gasteiger partial charge in [-0.25, -0.2) is 0 Å². The number of nitrogens with one attached hydrogen (secondary N) is 1. The number of rotatable bonds is 7. The Bertz CT molecular complexity index is 516. The van der Waals surface area contributed by atoms with E-state index in [9.17, 15) is 0 Å². The maximum absolute atomic E-state index is 5.50. The molecule has 0 amide bonds. The standard InChI is InChI=1S/C16H21N3O/c1-3-20-12-15-7-5-4-6-14(15)10-19-13(2)16-11-17-8-9-18-16/h4-9,11,13,19H,3,10,12H2,1-2H3. The van der Waals surface area contributed by atoms with E-state index in [1.54, 1.807) is 18.6 Å². The molecule has 1 heterocycles. The quantitative estimate of drug-likeness (QED) is 0.841. The molecule has 1 unspecified atom stereocenters. The predicted octanol–water partition coefficient (Wildman–Crippen LogP) is 2.86. The summed E-state index contributed by atoms with van der Waals surface area (Å²) in [5.74, 6) is 0. The number of benzene rings is 1. The Hall–Kier alpha value is -1.78. The van der Waals surface area contributed by atoms with Crippen LogP contribution < -0.4 is 5.32 Å². The average molecular weight is 271 g/mol. The highest BCUT2D eigenvalue weighted by Gasteiger charge is 2.07. The molecule has 0 aliphatic heterocycles. The van der Waals surface area contributed by atoms with Gasteiger partial charge in [-0.15, -0.1) is 0 Å². The van der Waals surface area contributed by atoms with Gasteiger partial charge in [0.1, 0.15) is 0 Å². The fourth-order valence-corrected chi connectivity index (χ4v) is 1.98. The first-order chi connectivity index (χ1) is 9.81. The highest BCUT2D eigenvalue weighted by molar-refractivity contribution is 5.26. The second-order valence-corrected chi connectivity index (χ2v) is 4.64. The van der Waals surface area contributed by atoms with Crippen LogP contribution in [0.3, 0.4) is 0 Å². The van der Waals surface area contributed by atoms with Crippen LogP contribution >= 0.6 is 0 Å². The zero-order chi connectivity index (χ0) is 14.2. The van der Waals surface area contributed by atoms with Crippen molar-refractivity contribution < 1.29 is 4.74 Å². The lowest BCUT2D eigenvalue weighted by atomic mass is 10.1. The first-order valence-electron chi connectivity index (χ1n) is 6.95. The molecule has 1 atom stereocenters. The fraction of sp³-hybridized carbons (Fsp3) is 0.375. The number of ether oxygens (including phenoxy) is 1. The molecule has 0 bridgehead atoms. The van der Waals surface area contributed by atoms with Crippen LogP contribution in [-0.4, -0.2) is 16.6 Å². The average Bonchev–Trinajstić information content (AvgIpc) is 2.52. The van der Waals surface area contributed by atoms with Crippen molar-refractivity contribution >= 4 is 0 Å². The molecule has 0 aliphatic rings. The van der Waals surface area contributed by atoms with Gasteiger partial charge in [-0.1, -0.05) is 24.3 Å². The second-order valence-electron chi connectivity index (χ2n) is 4.64. The molecule has 1 aromatic carbocycles. The van der Waals surface area contributed by atoms with Gasteiger partial charge in [-0.05, 0) is 25.0 Å². The summed E-state index contributed by atoms with van der Waals surface area (Å²) in [5, 5.41) is 3.47. The zero-order valence-electron chi connectivity index (χ0n) is 12.0. The van der Waals surface area contributed by atoms with Crippen molar-refractivity contribution in [1.29, 1.82) is 0 Å². The van der Waals surface area contributed by atoms with Crippen LogP contribution in [0.4, 0.5) is 0 Å². The Morgan fingerprint density at radius 2 is 2.00 bits per heavy atom. The van der Waals surface area contributed by atoms with Gasteiger partial charge in [-0.2, -0.15) is 0 Å². The summed E-state index contributed by atoms with van der Waals surface area (Å²) in [6.07, 6.45) is 5.20. The molecule has 0 spiro atoms. The molecule has 20 heavy (non-hydrogen) atoms. The third-order valence-corrected chi connectivity index (χ3v) is 3.21. The van der Waals surface area contributed by atoms with Crippen LogP contribution in [0.5, 0.6) is 0 Å². The van der Waals surface area contributed by atoms with Gasteiger partial charge in [0, 0.05) is 37.8 Å². The Labute approximate surface area is 120 Å². The summed E-state index contributed by atoms with van der Waals surface area (Å²) in [6.45, 7) is 6.29. The van der Waals surface area contributed by atoms with E-state index in [0.29, 0.717) is 6.61 Å². The lowest BCUT2D eigenvalue weighted by Gasteiger charge is -2.15. The summed E-state index contributed by atoms with van der Waals surface area (Å²) < 4.78 is 5.50. The van der Waals surface area contributed by atoms with Crippen molar-refractivity contribution in [1.82, 2.24) is 15.3 Å². The highest BCUT2D eigenvalue weighted by atomic mass is 16.5. The van der Waals surface area contributed by atoms with Gasteiger partial charge < -0.3 is 10.1 Å². The molecule has 106 valence electrons. The van der Waals surface area contributed by atoms with E-state index >= 15 is 0 Å². The SMILES string of the molecule is CCOCc1ccccc1CNC(C)c1cnccn1. The van der Waals surface area contributed by atoms with E-state index in [0.717, 1.165) is 18.8 Å². The predicted molar refractivity (Wildman–Crippen MR) is 79.1 cm³/mol. The molecule has 0 radical (unpaired) electrons. The monoisotopic (exact) mass is 271 g/mol. The minimum atomic E-state index is 0.170. The molecule has 4 nitrogen and oxygen atoms in total. The third-order valence-electron chi connectivity index (χ3n) is 3.21. The molecular weight excluding hydrogens is 250 g/mol. The molecule has 2 aromatic rings. The minimum absolute atomic E-state index is 0.170. The van der Waals surface area contributed by atoms with E-state index in [-0.39, 0.29) is 6.04 Å². The van der Waals surface area contributed by atoms with Gasteiger partial charge in [0.25, 0.3) is 0 Å². The van der Waals surface area contributed by atoms with Crippen molar-refractivity contribution in [3.63, 3.8) is 0 Å².